The van der Waals surface area contributed by atoms with Gasteiger partial charge in [-0.25, -0.2) is 13.8 Å². The van der Waals surface area contributed by atoms with Crippen LogP contribution < -0.4 is 10.1 Å². The molecule has 6 heteroatoms. The molecule has 1 heterocycles. The van der Waals surface area contributed by atoms with Crippen LogP contribution in [-0.4, -0.2) is 23.6 Å². The Bertz CT molecular complexity index is 634. The van der Waals surface area contributed by atoms with Crippen LogP contribution in [0.4, 0.5) is 8.78 Å². The van der Waals surface area contributed by atoms with Gasteiger partial charge >= 0.3 is 0 Å². The molecule has 0 fully saturated rings. The summed E-state index contributed by atoms with van der Waals surface area (Å²) in [4.78, 5) is 8.21. The lowest BCUT2D eigenvalue weighted by molar-refractivity contribution is 0.380. The number of ether oxygens (including phenoxy) is 1. The zero-order chi connectivity index (χ0) is 15.4. The highest BCUT2D eigenvalue weighted by atomic mass is 19.1. The van der Waals surface area contributed by atoms with Gasteiger partial charge in [0.2, 0.25) is 5.88 Å². The van der Waals surface area contributed by atoms with Gasteiger partial charge in [0.1, 0.15) is 17.3 Å². The van der Waals surface area contributed by atoms with Crippen LogP contribution >= 0.6 is 0 Å². The molecule has 21 heavy (non-hydrogen) atoms. The van der Waals surface area contributed by atoms with Crippen molar-refractivity contribution in [2.24, 2.45) is 0 Å². The van der Waals surface area contributed by atoms with E-state index in [0.29, 0.717) is 17.8 Å². The number of hydrogen-bond donors (Lipinski definition) is 1. The number of nitrogens with zero attached hydrogens (tertiary/aromatic N) is 2. The molecule has 1 N–H and O–H groups in total. The summed E-state index contributed by atoms with van der Waals surface area (Å²) in [5, 5.41) is 3.04. The number of nitrogens with one attached hydrogen (secondary N) is 1. The summed E-state index contributed by atoms with van der Waals surface area (Å²) in [5.41, 5.74) is 0.651. The fourth-order valence-corrected chi connectivity index (χ4v) is 2.17. The van der Waals surface area contributed by atoms with Crippen LogP contribution in [0, 0.1) is 18.6 Å². The number of rotatable bonds is 5. The smallest absolute Gasteiger partial charge is 0.237 e. The summed E-state index contributed by atoms with van der Waals surface area (Å²) in [6.45, 7) is 3.95. The van der Waals surface area contributed by atoms with E-state index in [1.807, 2.05) is 6.92 Å². The van der Waals surface area contributed by atoms with Crippen molar-refractivity contribution >= 4 is 0 Å². The minimum absolute atomic E-state index is 0.0735. The van der Waals surface area contributed by atoms with Crippen molar-refractivity contribution in [2.45, 2.75) is 19.9 Å². The van der Waals surface area contributed by atoms with Gasteiger partial charge in [-0.1, -0.05) is 13.0 Å². The minimum Gasteiger partial charge on any atom is -0.480 e. The zero-order valence-electron chi connectivity index (χ0n) is 12.2. The number of aryl methyl sites for hydroxylation is 1. The van der Waals surface area contributed by atoms with Crippen LogP contribution in [0.5, 0.6) is 5.88 Å². The number of halogens is 2. The fraction of sp³-hybridized carbons (Fsp3) is 0.333. The first-order chi connectivity index (χ1) is 10.1. The molecule has 0 amide bonds. The lowest BCUT2D eigenvalue weighted by Gasteiger charge is -2.21. The Morgan fingerprint density at radius 1 is 1.24 bits per heavy atom. The summed E-state index contributed by atoms with van der Waals surface area (Å²) in [7, 11) is 1.44. The van der Waals surface area contributed by atoms with Gasteiger partial charge in [-0.05, 0) is 25.1 Å². The molecule has 0 saturated carbocycles. The Morgan fingerprint density at radius 2 is 1.95 bits per heavy atom. The predicted octanol–water partition coefficient (Wildman–Crippen LogP) is 2.77. The first kappa shape index (κ1) is 15.3. The van der Waals surface area contributed by atoms with Gasteiger partial charge in [0, 0.05) is 18.0 Å². The highest BCUT2D eigenvalue weighted by Gasteiger charge is 2.26. The Labute approximate surface area is 122 Å². The Balaban J connectivity index is 2.62. The highest BCUT2D eigenvalue weighted by Crippen LogP contribution is 2.31. The molecule has 1 aromatic carbocycles. The van der Waals surface area contributed by atoms with Crippen molar-refractivity contribution in [3.63, 3.8) is 0 Å². The van der Waals surface area contributed by atoms with Gasteiger partial charge in [0.15, 0.2) is 0 Å². The Kier molecular flexibility index (Phi) is 4.80. The van der Waals surface area contributed by atoms with Crippen LogP contribution in [-0.2, 0) is 0 Å². The van der Waals surface area contributed by atoms with Crippen LogP contribution in [0.1, 0.15) is 29.8 Å². The van der Waals surface area contributed by atoms with Crippen molar-refractivity contribution in [1.29, 1.82) is 0 Å². The van der Waals surface area contributed by atoms with Crippen molar-refractivity contribution in [3.05, 3.63) is 53.0 Å². The zero-order valence-corrected chi connectivity index (χ0v) is 12.2. The molecule has 2 aromatic rings. The second-order valence-electron chi connectivity index (χ2n) is 4.53. The van der Waals surface area contributed by atoms with Crippen LogP contribution in [0.2, 0.25) is 0 Å². The standard InChI is InChI=1S/C15H17F2N3O/c1-4-18-13(14-15(21-3)20-8-7-19-14)11-10(16)6-5-9(2)12(11)17/h5-8,13,18H,4H2,1-3H3. The molecule has 0 radical (unpaired) electrons. The van der Waals surface area contributed by atoms with E-state index in [-0.39, 0.29) is 11.4 Å². The average molecular weight is 293 g/mol. The molecule has 1 aromatic heterocycles. The summed E-state index contributed by atoms with van der Waals surface area (Å²) in [6.07, 6.45) is 2.93. The molecule has 4 nitrogen and oxygen atoms in total. The van der Waals surface area contributed by atoms with Crippen molar-refractivity contribution in [2.75, 3.05) is 13.7 Å². The molecule has 0 bridgehead atoms. The molecular formula is C15H17F2N3O. The van der Waals surface area contributed by atoms with E-state index in [1.54, 1.807) is 6.92 Å². The third-order valence-electron chi connectivity index (χ3n) is 3.17. The van der Waals surface area contributed by atoms with Crippen molar-refractivity contribution in [1.82, 2.24) is 15.3 Å². The van der Waals surface area contributed by atoms with Gasteiger partial charge < -0.3 is 10.1 Å². The molecule has 1 atom stereocenters. The summed E-state index contributed by atoms with van der Waals surface area (Å²) < 4.78 is 33.7. The molecule has 0 aliphatic heterocycles. The van der Waals surface area contributed by atoms with E-state index in [9.17, 15) is 8.78 Å². The van der Waals surface area contributed by atoms with E-state index < -0.39 is 17.7 Å². The average Bonchev–Trinajstić information content (AvgIpc) is 2.50. The second-order valence-corrected chi connectivity index (χ2v) is 4.53. The largest absolute Gasteiger partial charge is 0.480 e. The second kappa shape index (κ2) is 6.58. The number of hydrogen-bond acceptors (Lipinski definition) is 4. The normalized spacial score (nSPS) is 12.2. The minimum atomic E-state index is -0.765. The van der Waals surface area contributed by atoms with Crippen LogP contribution in [0.25, 0.3) is 0 Å². The fourth-order valence-electron chi connectivity index (χ4n) is 2.17. The maximum absolute atomic E-state index is 14.4. The molecule has 0 aliphatic rings. The number of methoxy groups -OCH3 is 1. The Morgan fingerprint density at radius 3 is 2.62 bits per heavy atom. The van der Waals surface area contributed by atoms with Gasteiger partial charge in [-0.15, -0.1) is 0 Å². The van der Waals surface area contributed by atoms with Gasteiger partial charge in [-0.2, -0.15) is 0 Å². The monoisotopic (exact) mass is 293 g/mol. The molecule has 1 unspecified atom stereocenters. The molecule has 2 rings (SSSR count). The maximum atomic E-state index is 14.4. The van der Waals surface area contributed by atoms with E-state index in [2.05, 4.69) is 15.3 Å². The topological polar surface area (TPSA) is 47.0 Å². The number of aromatic nitrogens is 2. The van der Waals surface area contributed by atoms with Gasteiger partial charge in [0.05, 0.1) is 13.2 Å². The molecule has 112 valence electrons. The quantitative estimate of drug-likeness (QED) is 0.921. The first-order valence-electron chi connectivity index (χ1n) is 6.62. The third kappa shape index (κ3) is 3.00. The van der Waals surface area contributed by atoms with E-state index in [1.165, 1.54) is 31.6 Å². The molecular weight excluding hydrogens is 276 g/mol. The van der Waals surface area contributed by atoms with E-state index in [4.69, 9.17) is 4.74 Å². The number of benzene rings is 1. The van der Waals surface area contributed by atoms with Gasteiger partial charge in [0.25, 0.3) is 0 Å². The van der Waals surface area contributed by atoms with Crippen LogP contribution in [0.15, 0.2) is 24.5 Å². The third-order valence-corrected chi connectivity index (χ3v) is 3.17. The summed E-state index contributed by atoms with van der Waals surface area (Å²) in [6, 6.07) is 1.89. The summed E-state index contributed by atoms with van der Waals surface area (Å²) >= 11 is 0. The molecule has 0 saturated heterocycles. The van der Waals surface area contributed by atoms with Crippen molar-refractivity contribution in [3.8, 4) is 5.88 Å². The first-order valence-corrected chi connectivity index (χ1v) is 6.62. The SMILES string of the molecule is CCNC(c1nccnc1OC)c1c(F)ccc(C)c1F. The summed E-state index contributed by atoms with van der Waals surface area (Å²) in [5.74, 6) is -0.978. The lowest BCUT2D eigenvalue weighted by atomic mass is 9.99. The predicted molar refractivity (Wildman–Crippen MR) is 75.2 cm³/mol. The van der Waals surface area contributed by atoms with Crippen molar-refractivity contribution < 1.29 is 13.5 Å². The highest BCUT2D eigenvalue weighted by molar-refractivity contribution is 5.37. The maximum Gasteiger partial charge on any atom is 0.237 e. The lowest BCUT2D eigenvalue weighted by Crippen LogP contribution is -2.26. The molecule has 0 spiro atoms. The van der Waals surface area contributed by atoms with Crippen LogP contribution in [0.3, 0.4) is 0 Å². The molecule has 0 aliphatic carbocycles. The Hall–Kier alpha value is -2.08. The van der Waals surface area contributed by atoms with E-state index in [0.717, 1.165) is 0 Å². The van der Waals surface area contributed by atoms with Gasteiger partial charge in [-0.3, -0.25) is 4.98 Å². The van der Waals surface area contributed by atoms with E-state index >= 15 is 0 Å².